The third-order valence-corrected chi connectivity index (χ3v) is 5.73. The Morgan fingerprint density at radius 2 is 1.71 bits per heavy atom. The number of rotatable bonds is 5. The van der Waals surface area contributed by atoms with E-state index in [2.05, 4.69) is 39.9 Å². The van der Waals surface area contributed by atoms with Gasteiger partial charge in [0.05, 0.1) is 6.61 Å². The highest BCUT2D eigenvalue weighted by Gasteiger charge is 2.19. The third kappa shape index (κ3) is 3.64. The van der Waals surface area contributed by atoms with Gasteiger partial charge in [-0.25, -0.2) is 0 Å². The second kappa shape index (κ2) is 7.36. The van der Waals surface area contributed by atoms with Crippen molar-refractivity contribution in [3.63, 3.8) is 0 Å². The van der Waals surface area contributed by atoms with Crippen LogP contribution in [-0.4, -0.2) is 38.3 Å². The Morgan fingerprint density at radius 3 is 2.19 bits per heavy atom. The van der Waals surface area contributed by atoms with E-state index in [-0.39, 0.29) is 0 Å². The molecule has 3 heterocycles. The van der Waals surface area contributed by atoms with Crippen molar-refractivity contribution in [3.8, 4) is 0 Å². The van der Waals surface area contributed by atoms with Gasteiger partial charge in [0.15, 0.2) is 0 Å². The molecule has 0 aliphatic carbocycles. The third-order valence-electron chi connectivity index (χ3n) is 3.96. The molecule has 2 aromatic heterocycles. The molecule has 1 aliphatic heterocycles. The van der Waals surface area contributed by atoms with Crippen LogP contribution in [-0.2, 0) is 4.74 Å². The van der Waals surface area contributed by atoms with Crippen LogP contribution in [0.15, 0.2) is 40.6 Å². The van der Waals surface area contributed by atoms with Crippen LogP contribution in [0.25, 0.3) is 5.57 Å². The number of piperidine rings is 1. The molecule has 0 amide bonds. The average Bonchev–Trinajstić information content (AvgIpc) is 3.21. The van der Waals surface area contributed by atoms with E-state index in [1.807, 2.05) is 22.7 Å². The maximum atomic E-state index is 5.19. The quantitative estimate of drug-likeness (QED) is 0.812. The van der Waals surface area contributed by atoms with Gasteiger partial charge in [0.2, 0.25) is 0 Å². The normalized spacial score (nSPS) is 16.3. The minimum absolute atomic E-state index is 0.835. The fourth-order valence-electron chi connectivity index (χ4n) is 2.83. The van der Waals surface area contributed by atoms with Crippen molar-refractivity contribution in [2.24, 2.45) is 0 Å². The second-order valence-electron chi connectivity index (χ2n) is 5.27. The number of hydrogen-bond donors (Lipinski definition) is 0. The summed E-state index contributed by atoms with van der Waals surface area (Å²) in [5.74, 6) is 0. The molecule has 0 saturated carbocycles. The van der Waals surface area contributed by atoms with E-state index in [9.17, 15) is 0 Å². The predicted octanol–water partition coefficient (Wildman–Crippen LogP) is 4.35. The molecule has 0 radical (unpaired) electrons. The minimum Gasteiger partial charge on any atom is -0.383 e. The summed E-state index contributed by atoms with van der Waals surface area (Å²) in [7, 11) is 1.78. The lowest BCUT2D eigenvalue weighted by atomic mass is 9.96. The Balaban J connectivity index is 1.81. The summed E-state index contributed by atoms with van der Waals surface area (Å²) in [6, 6.07) is 8.82. The molecule has 0 aromatic carbocycles. The summed E-state index contributed by atoms with van der Waals surface area (Å²) in [5.41, 5.74) is 3.11. The lowest BCUT2D eigenvalue weighted by Gasteiger charge is -2.29. The van der Waals surface area contributed by atoms with E-state index >= 15 is 0 Å². The van der Waals surface area contributed by atoms with Crippen LogP contribution < -0.4 is 0 Å². The van der Waals surface area contributed by atoms with Crippen molar-refractivity contribution in [2.75, 3.05) is 33.4 Å². The Kier molecular flexibility index (Phi) is 5.25. The molecule has 1 fully saturated rings. The lowest BCUT2D eigenvalue weighted by molar-refractivity contribution is 0.143. The number of nitrogens with zero attached hydrogens (tertiary/aromatic N) is 1. The summed E-state index contributed by atoms with van der Waals surface area (Å²) >= 11 is 3.71. The summed E-state index contributed by atoms with van der Waals surface area (Å²) in [6.07, 6.45) is 2.35. The molecule has 0 bridgehead atoms. The Morgan fingerprint density at radius 1 is 1.10 bits per heavy atom. The molecule has 0 atom stereocenters. The fourth-order valence-corrected chi connectivity index (χ4v) is 4.56. The van der Waals surface area contributed by atoms with Gasteiger partial charge in [-0.05, 0) is 35.7 Å². The van der Waals surface area contributed by atoms with Crippen molar-refractivity contribution in [3.05, 3.63) is 50.4 Å². The van der Waals surface area contributed by atoms with Crippen LogP contribution >= 0.6 is 22.7 Å². The largest absolute Gasteiger partial charge is 0.383 e. The standard InChI is InChI=1S/C17H21NOS2/c1-19-11-10-18-8-6-14(7-9-18)17(15-4-2-12-20-15)16-5-3-13-21-16/h2-5,12-13H,6-11H2,1H3. The van der Waals surface area contributed by atoms with Gasteiger partial charge >= 0.3 is 0 Å². The second-order valence-corrected chi connectivity index (χ2v) is 7.16. The van der Waals surface area contributed by atoms with Crippen LogP contribution in [0, 0.1) is 0 Å². The Bertz CT molecular complexity index is 526. The molecule has 1 aliphatic rings. The van der Waals surface area contributed by atoms with Gasteiger partial charge in [-0.2, -0.15) is 0 Å². The number of ether oxygens (including phenoxy) is 1. The molecule has 2 nitrogen and oxygen atoms in total. The highest BCUT2D eigenvalue weighted by Crippen LogP contribution is 2.36. The van der Waals surface area contributed by atoms with Crippen LogP contribution in [0.1, 0.15) is 22.6 Å². The monoisotopic (exact) mass is 319 g/mol. The molecule has 0 spiro atoms. The first-order valence-electron chi connectivity index (χ1n) is 7.39. The highest BCUT2D eigenvalue weighted by molar-refractivity contribution is 7.13. The van der Waals surface area contributed by atoms with Crippen LogP contribution in [0.3, 0.4) is 0 Å². The number of likely N-dealkylation sites (tertiary alicyclic amines) is 1. The van der Waals surface area contributed by atoms with Crippen LogP contribution in [0.5, 0.6) is 0 Å². The van der Waals surface area contributed by atoms with Gasteiger partial charge in [0.1, 0.15) is 0 Å². The molecule has 4 heteroatoms. The van der Waals surface area contributed by atoms with Crippen LogP contribution in [0.2, 0.25) is 0 Å². The highest BCUT2D eigenvalue weighted by atomic mass is 32.1. The van der Waals surface area contributed by atoms with Crippen molar-refractivity contribution in [1.29, 1.82) is 0 Å². The zero-order valence-electron chi connectivity index (χ0n) is 12.4. The maximum absolute atomic E-state index is 5.19. The van der Waals surface area contributed by atoms with Gasteiger partial charge in [0.25, 0.3) is 0 Å². The van der Waals surface area contributed by atoms with E-state index in [1.54, 1.807) is 12.7 Å². The number of thiophene rings is 2. The smallest absolute Gasteiger partial charge is 0.0589 e. The van der Waals surface area contributed by atoms with E-state index < -0.39 is 0 Å². The molecule has 2 aromatic rings. The van der Waals surface area contributed by atoms with E-state index in [0.717, 1.165) is 26.2 Å². The van der Waals surface area contributed by atoms with Crippen molar-refractivity contribution >= 4 is 28.2 Å². The van der Waals surface area contributed by atoms with E-state index in [4.69, 9.17) is 4.74 Å². The first-order chi connectivity index (χ1) is 10.4. The minimum atomic E-state index is 0.835. The molecule has 0 unspecified atom stereocenters. The van der Waals surface area contributed by atoms with Crippen molar-refractivity contribution < 1.29 is 4.74 Å². The zero-order chi connectivity index (χ0) is 14.5. The summed E-state index contributed by atoms with van der Waals surface area (Å²) < 4.78 is 5.19. The molecular formula is C17H21NOS2. The zero-order valence-corrected chi connectivity index (χ0v) is 14.0. The van der Waals surface area contributed by atoms with E-state index in [0.29, 0.717) is 0 Å². The molecule has 112 valence electrons. The average molecular weight is 319 g/mol. The SMILES string of the molecule is COCCN1CCC(=C(c2cccs2)c2cccs2)CC1. The molecular weight excluding hydrogens is 298 g/mol. The Hall–Kier alpha value is -0.940. The lowest BCUT2D eigenvalue weighted by Crippen LogP contribution is -2.33. The van der Waals surface area contributed by atoms with Gasteiger partial charge in [-0.15, -0.1) is 22.7 Å². The van der Waals surface area contributed by atoms with Crippen molar-refractivity contribution in [1.82, 2.24) is 4.90 Å². The maximum Gasteiger partial charge on any atom is 0.0589 e. The van der Waals surface area contributed by atoms with Crippen molar-refractivity contribution in [2.45, 2.75) is 12.8 Å². The summed E-state index contributed by atoms with van der Waals surface area (Å²) in [4.78, 5) is 5.34. The Labute approximate surface area is 134 Å². The number of hydrogen-bond acceptors (Lipinski definition) is 4. The summed E-state index contributed by atoms with van der Waals surface area (Å²) in [6.45, 7) is 4.19. The van der Waals surface area contributed by atoms with Gasteiger partial charge in [0, 0.05) is 42.1 Å². The predicted molar refractivity (Wildman–Crippen MR) is 92.2 cm³/mol. The molecule has 1 saturated heterocycles. The van der Waals surface area contributed by atoms with Gasteiger partial charge in [-0.3, -0.25) is 0 Å². The first-order valence-corrected chi connectivity index (χ1v) is 9.15. The molecule has 21 heavy (non-hydrogen) atoms. The van der Waals surface area contributed by atoms with E-state index in [1.165, 1.54) is 28.2 Å². The first kappa shape index (κ1) is 15.0. The molecule has 0 N–H and O–H groups in total. The fraction of sp³-hybridized carbons (Fsp3) is 0.412. The van der Waals surface area contributed by atoms with Gasteiger partial charge < -0.3 is 9.64 Å². The topological polar surface area (TPSA) is 12.5 Å². The molecule has 3 rings (SSSR count). The van der Waals surface area contributed by atoms with Gasteiger partial charge in [-0.1, -0.05) is 17.7 Å². The summed E-state index contributed by atoms with van der Waals surface area (Å²) in [5, 5.41) is 4.36. The number of methoxy groups -OCH3 is 1. The van der Waals surface area contributed by atoms with Crippen LogP contribution in [0.4, 0.5) is 0 Å².